The van der Waals surface area contributed by atoms with Crippen molar-refractivity contribution in [3.63, 3.8) is 0 Å². The van der Waals surface area contributed by atoms with Gasteiger partial charge in [0.05, 0.1) is 13.2 Å². The van der Waals surface area contributed by atoms with E-state index in [0.717, 1.165) is 39.1 Å². The van der Waals surface area contributed by atoms with Crippen molar-refractivity contribution in [1.29, 1.82) is 0 Å². The average Bonchev–Trinajstić information content (AvgIpc) is 2.36. The molecule has 0 saturated carbocycles. The van der Waals surface area contributed by atoms with Crippen molar-refractivity contribution in [3.8, 4) is 0 Å². The Morgan fingerprint density at radius 3 is 2.89 bits per heavy atom. The number of methoxy groups -OCH3 is 1. The Kier molecular flexibility index (Phi) is 9.36. The third-order valence-electron chi connectivity index (χ3n) is 3.05. The van der Waals surface area contributed by atoms with Gasteiger partial charge in [-0.05, 0) is 25.7 Å². The van der Waals surface area contributed by atoms with E-state index in [1.54, 1.807) is 7.11 Å². The van der Waals surface area contributed by atoms with Crippen LogP contribution in [0.5, 0.6) is 0 Å². The molecule has 5 nitrogen and oxygen atoms in total. The summed E-state index contributed by atoms with van der Waals surface area (Å²) < 4.78 is 10.3. The number of halogens is 1. The highest BCUT2D eigenvalue weighted by atomic mass is 35.5. The van der Waals surface area contributed by atoms with Crippen LogP contribution in [0.3, 0.4) is 0 Å². The van der Waals surface area contributed by atoms with Crippen LogP contribution in [0.25, 0.3) is 0 Å². The van der Waals surface area contributed by atoms with Gasteiger partial charge < -0.3 is 20.1 Å². The molecule has 1 fully saturated rings. The minimum atomic E-state index is -0.536. The molecule has 1 amide bonds. The van der Waals surface area contributed by atoms with Crippen LogP contribution in [0.4, 0.5) is 0 Å². The number of hydrogen-bond acceptors (Lipinski definition) is 4. The highest BCUT2D eigenvalue weighted by Crippen LogP contribution is 2.17. The number of nitrogens with two attached hydrogens (primary N) is 1. The predicted octanol–water partition coefficient (Wildman–Crippen LogP) is 0.657. The summed E-state index contributed by atoms with van der Waals surface area (Å²) in [7, 11) is 1.56. The normalized spacial score (nSPS) is 21.3. The maximum atomic E-state index is 12.0. The maximum Gasteiger partial charge on any atom is 0.241 e. The Hall–Kier alpha value is -0.360. The summed E-state index contributed by atoms with van der Waals surface area (Å²) in [4.78, 5) is 13.8. The summed E-state index contributed by atoms with van der Waals surface area (Å²) in [5, 5.41) is 0. The van der Waals surface area contributed by atoms with E-state index in [9.17, 15) is 4.79 Å². The van der Waals surface area contributed by atoms with Gasteiger partial charge in [-0.25, -0.2) is 0 Å². The van der Waals surface area contributed by atoms with Crippen LogP contribution in [-0.4, -0.2) is 56.9 Å². The molecule has 0 aromatic heterocycles. The van der Waals surface area contributed by atoms with Crippen LogP contribution in [0.2, 0.25) is 0 Å². The largest absolute Gasteiger partial charge is 0.383 e. The van der Waals surface area contributed by atoms with Gasteiger partial charge in [-0.15, -0.1) is 12.4 Å². The second kappa shape index (κ2) is 9.55. The Morgan fingerprint density at radius 1 is 1.56 bits per heavy atom. The fourth-order valence-corrected chi connectivity index (χ4v) is 2.17. The maximum absolute atomic E-state index is 12.0. The topological polar surface area (TPSA) is 64.8 Å². The standard InChI is InChI=1S/C12H24N2O3.ClH/c1-3-17-8-10-5-4-6-14(7-10)12(15)11(13)9-16-2;/h10-11H,3-9,13H2,1-2H3;1H. The lowest BCUT2D eigenvalue weighted by Gasteiger charge is -2.34. The smallest absolute Gasteiger partial charge is 0.241 e. The van der Waals surface area contributed by atoms with E-state index < -0.39 is 6.04 Å². The molecule has 0 aliphatic carbocycles. The van der Waals surface area contributed by atoms with Crippen molar-refractivity contribution in [1.82, 2.24) is 4.90 Å². The van der Waals surface area contributed by atoms with Gasteiger partial charge in [-0.2, -0.15) is 0 Å². The molecule has 0 aromatic rings. The number of amides is 1. The van der Waals surface area contributed by atoms with E-state index in [1.807, 2.05) is 11.8 Å². The second-order valence-corrected chi connectivity index (χ2v) is 4.51. The number of likely N-dealkylation sites (tertiary alicyclic amines) is 1. The summed E-state index contributed by atoms with van der Waals surface area (Å²) in [5.41, 5.74) is 5.76. The molecule has 2 N–H and O–H groups in total. The molecule has 1 aliphatic heterocycles. The first-order valence-electron chi connectivity index (χ1n) is 6.30. The lowest BCUT2D eigenvalue weighted by atomic mass is 9.98. The van der Waals surface area contributed by atoms with Crippen molar-refractivity contribution in [3.05, 3.63) is 0 Å². The first-order chi connectivity index (χ1) is 8.19. The molecule has 0 aromatic carbocycles. The van der Waals surface area contributed by atoms with Gasteiger partial charge >= 0.3 is 0 Å². The van der Waals surface area contributed by atoms with Crippen molar-refractivity contribution in [2.24, 2.45) is 11.7 Å². The van der Waals surface area contributed by atoms with Crippen LogP contribution in [0.1, 0.15) is 19.8 Å². The monoisotopic (exact) mass is 280 g/mol. The zero-order valence-corrected chi connectivity index (χ0v) is 12.1. The van der Waals surface area contributed by atoms with Crippen molar-refractivity contribution < 1.29 is 14.3 Å². The Labute approximate surface area is 115 Å². The number of nitrogens with zero attached hydrogens (tertiary/aromatic N) is 1. The van der Waals surface area contributed by atoms with Gasteiger partial charge in [0.25, 0.3) is 0 Å². The van der Waals surface area contributed by atoms with E-state index in [0.29, 0.717) is 5.92 Å². The molecule has 6 heteroatoms. The molecule has 0 bridgehead atoms. The van der Waals surface area contributed by atoms with E-state index in [4.69, 9.17) is 15.2 Å². The van der Waals surface area contributed by atoms with Gasteiger partial charge in [0.2, 0.25) is 5.91 Å². The SMILES string of the molecule is CCOCC1CCCN(C(=O)C(N)COC)C1.Cl. The van der Waals surface area contributed by atoms with Gasteiger partial charge in [-0.1, -0.05) is 0 Å². The van der Waals surface area contributed by atoms with Crippen LogP contribution in [-0.2, 0) is 14.3 Å². The third kappa shape index (κ3) is 5.52. The van der Waals surface area contributed by atoms with Crippen molar-refractivity contribution in [2.75, 3.05) is 40.0 Å². The number of piperidine rings is 1. The number of rotatable bonds is 6. The highest BCUT2D eigenvalue weighted by molar-refractivity contribution is 5.85. The van der Waals surface area contributed by atoms with Crippen molar-refractivity contribution >= 4 is 18.3 Å². The minimum Gasteiger partial charge on any atom is -0.383 e. The molecule has 18 heavy (non-hydrogen) atoms. The lowest BCUT2D eigenvalue weighted by molar-refractivity contribution is -0.136. The molecule has 2 atom stereocenters. The van der Waals surface area contributed by atoms with Crippen LogP contribution >= 0.6 is 12.4 Å². The van der Waals surface area contributed by atoms with Crippen LogP contribution in [0.15, 0.2) is 0 Å². The van der Waals surface area contributed by atoms with Gasteiger partial charge in [-0.3, -0.25) is 4.79 Å². The quantitative estimate of drug-likeness (QED) is 0.776. The average molecular weight is 281 g/mol. The Morgan fingerprint density at radius 2 is 2.28 bits per heavy atom. The van der Waals surface area contributed by atoms with Crippen molar-refractivity contribution in [2.45, 2.75) is 25.8 Å². The van der Waals surface area contributed by atoms with E-state index in [2.05, 4.69) is 0 Å². The Bertz CT molecular complexity index is 241. The predicted molar refractivity (Wildman–Crippen MR) is 72.9 cm³/mol. The van der Waals surface area contributed by atoms with Crippen LogP contribution in [0, 0.1) is 5.92 Å². The molecule has 1 rings (SSSR count). The molecule has 108 valence electrons. The summed E-state index contributed by atoms with van der Waals surface area (Å²) in [6.45, 7) is 5.30. The van der Waals surface area contributed by atoms with E-state index in [-0.39, 0.29) is 24.9 Å². The van der Waals surface area contributed by atoms with E-state index >= 15 is 0 Å². The minimum absolute atomic E-state index is 0. The zero-order chi connectivity index (χ0) is 12.7. The molecule has 1 saturated heterocycles. The molecule has 0 spiro atoms. The fraction of sp³-hybridized carbons (Fsp3) is 0.917. The highest BCUT2D eigenvalue weighted by Gasteiger charge is 2.26. The first kappa shape index (κ1) is 17.6. The molecule has 1 heterocycles. The van der Waals surface area contributed by atoms with Gasteiger partial charge in [0.15, 0.2) is 0 Å². The molecule has 0 radical (unpaired) electrons. The van der Waals surface area contributed by atoms with Crippen LogP contribution < -0.4 is 5.73 Å². The number of ether oxygens (including phenoxy) is 2. The second-order valence-electron chi connectivity index (χ2n) is 4.51. The lowest BCUT2D eigenvalue weighted by Crippen LogP contribution is -2.50. The number of hydrogen-bond donors (Lipinski definition) is 1. The first-order valence-corrected chi connectivity index (χ1v) is 6.30. The van der Waals surface area contributed by atoms with Gasteiger partial charge in [0, 0.05) is 26.8 Å². The summed E-state index contributed by atoms with van der Waals surface area (Å²) in [6, 6.07) is -0.536. The molecular weight excluding hydrogens is 256 g/mol. The third-order valence-corrected chi connectivity index (χ3v) is 3.05. The molecule has 2 unspecified atom stereocenters. The fourth-order valence-electron chi connectivity index (χ4n) is 2.17. The molecular formula is C12H25ClN2O3. The molecule has 1 aliphatic rings. The summed E-state index contributed by atoms with van der Waals surface area (Å²) >= 11 is 0. The van der Waals surface area contributed by atoms with Gasteiger partial charge in [0.1, 0.15) is 6.04 Å². The summed E-state index contributed by atoms with van der Waals surface area (Å²) in [6.07, 6.45) is 2.16. The summed E-state index contributed by atoms with van der Waals surface area (Å²) in [5.74, 6) is 0.440. The zero-order valence-electron chi connectivity index (χ0n) is 11.3. The number of carbonyl (C=O) groups is 1. The van der Waals surface area contributed by atoms with E-state index in [1.165, 1.54) is 0 Å². The Balaban J connectivity index is 0.00000289. The number of carbonyl (C=O) groups excluding carboxylic acids is 1.